The van der Waals surface area contributed by atoms with E-state index in [-0.39, 0.29) is 28.7 Å². The van der Waals surface area contributed by atoms with E-state index in [2.05, 4.69) is 18.5 Å². The highest BCUT2D eigenvalue weighted by Gasteiger charge is 2.54. The zero-order valence-electron chi connectivity index (χ0n) is 16.1. The van der Waals surface area contributed by atoms with Crippen molar-refractivity contribution < 1.29 is 13.6 Å². The van der Waals surface area contributed by atoms with Crippen molar-refractivity contribution in [1.29, 1.82) is 0 Å². The predicted octanol–water partition coefficient (Wildman–Crippen LogP) is 5.11. The van der Waals surface area contributed by atoms with Gasteiger partial charge in [0.25, 0.3) is 0 Å². The fourth-order valence-electron chi connectivity index (χ4n) is 4.36. The molecule has 6 heteroatoms. The molecule has 1 N–H and O–H groups in total. The van der Waals surface area contributed by atoms with Gasteiger partial charge in [-0.25, -0.2) is 4.39 Å². The van der Waals surface area contributed by atoms with Crippen LogP contribution in [0.15, 0.2) is 54.7 Å². The van der Waals surface area contributed by atoms with Gasteiger partial charge in [-0.05, 0) is 49.8 Å². The molecule has 1 saturated heterocycles. The molecule has 28 heavy (non-hydrogen) atoms. The summed E-state index contributed by atoms with van der Waals surface area (Å²) in [5.41, 5.74) is 0.326. The fraction of sp³-hybridized carbons (Fsp3) is 0.409. The Morgan fingerprint density at radius 1 is 1.39 bits per heavy atom. The van der Waals surface area contributed by atoms with E-state index in [1.165, 1.54) is 12.2 Å². The number of carbonyl (C=O) groups excluding carboxylic acids is 1. The van der Waals surface area contributed by atoms with Crippen LogP contribution in [0.2, 0.25) is 0 Å². The van der Waals surface area contributed by atoms with E-state index in [9.17, 15) is 13.6 Å². The first kappa shape index (κ1) is 19.1. The molecule has 0 spiro atoms. The van der Waals surface area contributed by atoms with Gasteiger partial charge in [0.1, 0.15) is 11.6 Å². The zero-order chi connectivity index (χ0) is 20.2. The Morgan fingerprint density at radius 2 is 2.11 bits per heavy atom. The quantitative estimate of drug-likeness (QED) is 0.759. The van der Waals surface area contributed by atoms with Gasteiger partial charge in [0.15, 0.2) is 5.13 Å². The number of rotatable bonds is 4. The van der Waals surface area contributed by atoms with Gasteiger partial charge in [0.2, 0.25) is 5.91 Å². The van der Waals surface area contributed by atoms with Gasteiger partial charge in [0.05, 0.1) is 11.5 Å². The molecular formula is C22H24F2N2OS. The Morgan fingerprint density at radius 3 is 2.75 bits per heavy atom. The molecule has 2 fully saturated rings. The van der Waals surface area contributed by atoms with Crippen molar-refractivity contribution >= 4 is 17.2 Å². The Hall–Kier alpha value is -2.21. The first-order valence-corrected chi connectivity index (χ1v) is 10.3. The van der Waals surface area contributed by atoms with Crippen LogP contribution in [-0.4, -0.2) is 17.9 Å². The van der Waals surface area contributed by atoms with E-state index >= 15 is 0 Å². The number of nitrogens with one attached hydrogen (secondary N) is 1. The molecule has 3 nitrogen and oxygen atoms in total. The number of allylic oxidation sites excluding steroid dienone is 5. The minimum absolute atomic E-state index is 0.0284. The molecule has 1 amide bonds. The molecule has 1 aliphatic heterocycles. The van der Waals surface area contributed by atoms with E-state index in [4.69, 9.17) is 0 Å². The molecule has 4 rings (SSSR count). The van der Waals surface area contributed by atoms with E-state index in [0.717, 1.165) is 29.1 Å². The van der Waals surface area contributed by atoms with E-state index in [0.29, 0.717) is 29.3 Å². The number of amides is 1. The summed E-state index contributed by atoms with van der Waals surface area (Å²) in [4.78, 5) is 15.3. The molecule has 1 saturated carbocycles. The molecule has 0 bridgehead atoms. The molecule has 0 radical (unpaired) electrons. The molecule has 2 unspecified atom stereocenters. The molecule has 3 aliphatic rings. The third-order valence-corrected chi connectivity index (χ3v) is 7.39. The first-order valence-electron chi connectivity index (χ1n) is 9.50. The first-order chi connectivity index (χ1) is 13.3. The van der Waals surface area contributed by atoms with Crippen LogP contribution in [-0.2, 0) is 10.3 Å². The van der Waals surface area contributed by atoms with Gasteiger partial charge >= 0.3 is 0 Å². The van der Waals surface area contributed by atoms with Crippen molar-refractivity contribution in [3.05, 3.63) is 70.2 Å². The van der Waals surface area contributed by atoms with Crippen molar-refractivity contribution in [2.75, 3.05) is 7.05 Å². The second-order valence-corrected chi connectivity index (χ2v) is 9.08. The number of hydrogen-bond acceptors (Lipinski definition) is 3. The fourth-order valence-corrected chi connectivity index (χ4v) is 5.46. The Kier molecular flexibility index (Phi) is 4.57. The second-order valence-electron chi connectivity index (χ2n) is 8.07. The van der Waals surface area contributed by atoms with Crippen LogP contribution in [0.25, 0.3) is 0 Å². The van der Waals surface area contributed by atoms with Crippen LogP contribution in [0.4, 0.5) is 8.78 Å². The Labute approximate surface area is 168 Å². The van der Waals surface area contributed by atoms with Gasteiger partial charge < -0.3 is 10.2 Å². The number of hydrogen-bond donors (Lipinski definition) is 1. The monoisotopic (exact) mass is 402 g/mol. The summed E-state index contributed by atoms with van der Waals surface area (Å²) in [7, 11) is 1.72. The minimum atomic E-state index is -0.702. The molecule has 1 aromatic rings. The minimum Gasteiger partial charge on any atom is -0.361 e. The number of carbonyl (C=O) groups is 1. The highest BCUT2D eigenvalue weighted by molar-refractivity contribution is 7.10. The third kappa shape index (κ3) is 2.94. The van der Waals surface area contributed by atoms with Crippen molar-refractivity contribution in [2.45, 2.75) is 37.6 Å². The van der Waals surface area contributed by atoms with Crippen LogP contribution in [0, 0.1) is 17.0 Å². The topological polar surface area (TPSA) is 32.3 Å². The van der Waals surface area contributed by atoms with Gasteiger partial charge in [-0.15, -0.1) is 11.3 Å². The maximum atomic E-state index is 15.0. The van der Waals surface area contributed by atoms with Crippen molar-refractivity contribution in [1.82, 2.24) is 10.2 Å². The Bertz CT molecular complexity index is 927. The molecular weight excluding hydrogens is 378 g/mol. The van der Waals surface area contributed by atoms with E-state index in [1.54, 1.807) is 18.0 Å². The van der Waals surface area contributed by atoms with Crippen LogP contribution in [0.3, 0.4) is 0 Å². The van der Waals surface area contributed by atoms with Crippen molar-refractivity contribution in [3.8, 4) is 0 Å². The zero-order valence-corrected chi connectivity index (χ0v) is 16.9. The molecule has 2 heterocycles. The molecule has 2 aliphatic carbocycles. The molecule has 0 aromatic carbocycles. The van der Waals surface area contributed by atoms with E-state index < -0.39 is 5.54 Å². The molecule has 3 atom stereocenters. The Balaban J connectivity index is 1.71. The summed E-state index contributed by atoms with van der Waals surface area (Å²) >= 11 is 1.07. The average Bonchev–Trinajstić information content (AvgIpc) is 3.40. The highest BCUT2D eigenvalue weighted by atomic mass is 32.1. The lowest BCUT2D eigenvalue weighted by atomic mass is 9.77. The standard InChI is InChI=1S/C22H24F2N2OS/c1-5-13-10-15(8-9-17(13)23)16-11-18(28-20(16)24)22(3)19(14-6-7-14)21(27)26(4)12(2)25-22/h5,8-9,11,14-15,19,25H,1-2,6-7,10H2,3-4H3/t15?,19?,22-/m1/s1. The predicted molar refractivity (Wildman–Crippen MR) is 108 cm³/mol. The van der Waals surface area contributed by atoms with Gasteiger partial charge in [0, 0.05) is 23.4 Å². The maximum Gasteiger partial charge on any atom is 0.233 e. The van der Waals surface area contributed by atoms with Crippen LogP contribution >= 0.6 is 11.3 Å². The summed E-state index contributed by atoms with van der Waals surface area (Å²) < 4.78 is 28.8. The van der Waals surface area contributed by atoms with Crippen molar-refractivity contribution in [2.24, 2.45) is 11.8 Å². The lowest BCUT2D eigenvalue weighted by Crippen LogP contribution is -2.59. The lowest BCUT2D eigenvalue weighted by Gasteiger charge is -2.46. The summed E-state index contributed by atoms with van der Waals surface area (Å²) in [6.45, 7) is 9.58. The normalized spacial score (nSPS) is 30.6. The van der Waals surface area contributed by atoms with Gasteiger partial charge in [-0.1, -0.05) is 25.3 Å². The maximum absolute atomic E-state index is 15.0. The number of nitrogens with zero attached hydrogens (tertiary/aromatic N) is 1. The largest absolute Gasteiger partial charge is 0.361 e. The second kappa shape index (κ2) is 6.69. The van der Waals surface area contributed by atoms with Gasteiger partial charge in [-0.2, -0.15) is 4.39 Å². The number of halogens is 2. The number of thiophene rings is 1. The summed E-state index contributed by atoms with van der Waals surface area (Å²) in [6.07, 6.45) is 6.96. The SMILES string of the molecule is C=CC1=C(F)C=CC(c2cc([C@@]3(C)NC(=C)N(C)C(=O)C3C3CC3)sc2F)C1. The highest BCUT2D eigenvalue weighted by Crippen LogP contribution is 2.51. The average molecular weight is 403 g/mol. The summed E-state index contributed by atoms with van der Waals surface area (Å²) in [6, 6.07) is 1.84. The van der Waals surface area contributed by atoms with Crippen LogP contribution < -0.4 is 5.32 Å². The summed E-state index contributed by atoms with van der Waals surface area (Å²) in [5, 5.41) is 3.09. The smallest absolute Gasteiger partial charge is 0.233 e. The van der Waals surface area contributed by atoms with E-state index in [1.807, 2.05) is 13.0 Å². The van der Waals surface area contributed by atoms with Crippen LogP contribution in [0.1, 0.15) is 42.5 Å². The summed E-state index contributed by atoms with van der Waals surface area (Å²) in [5.74, 6) is 0.0364. The van der Waals surface area contributed by atoms with Crippen molar-refractivity contribution in [3.63, 3.8) is 0 Å². The molecule has 1 aromatic heterocycles. The van der Waals surface area contributed by atoms with Crippen LogP contribution in [0.5, 0.6) is 0 Å². The van der Waals surface area contributed by atoms with Gasteiger partial charge in [-0.3, -0.25) is 4.79 Å². The third-order valence-electron chi connectivity index (χ3n) is 6.21. The molecule has 148 valence electrons. The lowest BCUT2D eigenvalue weighted by molar-refractivity contribution is -0.139.